The van der Waals surface area contributed by atoms with Crippen LogP contribution in [0.15, 0.2) is 34.2 Å². The number of nitrogens with zero attached hydrogens (tertiary/aromatic N) is 2. The van der Waals surface area contributed by atoms with Gasteiger partial charge in [-0.1, -0.05) is 32.9 Å². The van der Waals surface area contributed by atoms with Crippen molar-refractivity contribution in [3.63, 3.8) is 0 Å². The smallest absolute Gasteiger partial charge is 0.193 e. The number of sulfone groups is 1. The molecule has 8 heteroatoms. The fraction of sp³-hybridized carbons (Fsp3) is 0.667. The summed E-state index contributed by atoms with van der Waals surface area (Å²) in [5, 5.41) is 3.25. The molecular formula is C21H36IN3O3S. The molecule has 1 aromatic carbocycles. The highest BCUT2D eigenvalue weighted by Gasteiger charge is 2.20. The van der Waals surface area contributed by atoms with E-state index in [1.165, 1.54) is 0 Å². The van der Waals surface area contributed by atoms with Crippen molar-refractivity contribution in [2.45, 2.75) is 44.4 Å². The van der Waals surface area contributed by atoms with Crippen LogP contribution in [0.1, 0.15) is 39.7 Å². The molecule has 0 aliphatic carbocycles. The number of aliphatic imine (C=N–C) groups is 1. The average Bonchev–Trinajstić information content (AvgIpc) is 3.13. The zero-order valence-corrected chi connectivity index (χ0v) is 21.4. The van der Waals surface area contributed by atoms with Gasteiger partial charge in [-0.3, -0.25) is 4.99 Å². The van der Waals surface area contributed by atoms with Crippen molar-refractivity contribution in [2.75, 3.05) is 45.6 Å². The first-order chi connectivity index (χ1) is 13.1. The Hall–Kier alpha value is -0.870. The summed E-state index contributed by atoms with van der Waals surface area (Å²) in [6.45, 7) is 11.8. The van der Waals surface area contributed by atoms with E-state index in [0.717, 1.165) is 44.2 Å². The molecular weight excluding hydrogens is 501 g/mol. The molecule has 2 rings (SSSR count). The first-order valence-corrected chi connectivity index (χ1v) is 11.7. The van der Waals surface area contributed by atoms with Crippen molar-refractivity contribution in [3.8, 4) is 0 Å². The van der Waals surface area contributed by atoms with E-state index in [1.807, 2.05) is 26.1 Å². The lowest BCUT2D eigenvalue weighted by Gasteiger charge is -2.24. The van der Waals surface area contributed by atoms with Gasteiger partial charge >= 0.3 is 0 Å². The molecule has 1 fully saturated rings. The van der Waals surface area contributed by atoms with Crippen molar-refractivity contribution >= 4 is 39.8 Å². The van der Waals surface area contributed by atoms with Gasteiger partial charge in [0.1, 0.15) is 0 Å². The van der Waals surface area contributed by atoms with Crippen molar-refractivity contribution in [1.82, 2.24) is 10.2 Å². The Morgan fingerprint density at radius 1 is 1.28 bits per heavy atom. The molecule has 1 saturated heterocycles. The van der Waals surface area contributed by atoms with Crippen LogP contribution in [0.5, 0.6) is 0 Å². The van der Waals surface area contributed by atoms with Crippen LogP contribution < -0.4 is 5.32 Å². The van der Waals surface area contributed by atoms with E-state index in [2.05, 4.69) is 36.0 Å². The number of ether oxygens (including phenoxy) is 1. The van der Waals surface area contributed by atoms with E-state index in [0.29, 0.717) is 10.8 Å². The van der Waals surface area contributed by atoms with Crippen LogP contribution in [0.2, 0.25) is 0 Å². The normalized spacial score (nSPS) is 17.7. The third kappa shape index (κ3) is 8.05. The van der Waals surface area contributed by atoms with Gasteiger partial charge in [0.15, 0.2) is 15.8 Å². The molecule has 1 aromatic rings. The maximum Gasteiger partial charge on any atom is 0.193 e. The van der Waals surface area contributed by atoms with Gasteiger partial charge in [-0.05, 0) is 36.5 Å². The molecule has 0 radical (unpaired) electrons. The number of benzene rings is 1. The molecule has 1 aliphatic rings. The zero-order chi connectivity index (χ0) is 20.8. The van der Waals surface area contributed by atoms with Crippen LogP contribution in [0.4, 0.5) is 0 Å². The Morgan fingerprint density at radius 3 is 2.45 bits per heavy atom. The third-order valence-corrected chi connectivity index (χ3v) is 6.66. The summed E-state index contributed by atoms with van der Waals surface area (Å²) >= 11 is 0. The summed E-state index contributed by atoms with van der Waals surface area (Å²) in [6, 6.07) is 7.21. The molecule has 1 N–H and O–H groups in total. The highest BCUT2D eigenvalue weighted by molar-refractivity contribution is 14.0. The molecule has 1 heterocycles. The van der Waals surface area contributed by atoms with E-state index < -0.39 is 9.84 Å². The number of hydrogen-bond acceptors (Lipinski definition) is 4. The number of rotatable bonds is 7. The summed E-state index contributed by atoms with van der Waals surface area (Å²) < 4.78 is 30.8. The van der Waals surface area contributed by atoms with Gasteiger partial charge in [0.2, 0.25) is 0 Å². The molecule has 0 aromatic heterocycles. The fourth-order valence-electron chi connectivity index (χ4n) is 3.22. The topological polar surface area (TPSA) is 71.0 Å². The van der Waals surface area contributed by atoms with Crippen LogP contribution in [-0.4, -0.2) is 64.9 Å². The summed E-state index contributed by atoms with van der Waals surface area (Å²) in [6.07, 6.45) is 1.06. The number of guanidine groups is 1. The molecule has 29 heavy (non-hydrogen) atoms. The summed E-state index contributed by atoms with van der Waals surface area (Å²) in [4.78, 5) is 6.96. The predicted molar refractivity (Wildman–Crippen MR) is 130 cm³/mol. The second-order valence-electron chi connectivity index (χ2n) is 8.44. The lowest BCUT2D eigenvalue weighted by molar-refractivity contribution is 0.181. The number of nitrogens with one attached hydrogen (secondary N) is 1. The largest absolute Gasteiger partial charge is 0.381 e. The highest BCUT2D eigenvalue weighted by Crippen LogP contribution is 2.23. The van der Waals surface area contributed by atoms with Crippen molar-refractivity contribution < 1.29 is 13.2 Å². The molecule has 0 saturated carbocycles. The Morgan fingerprint density at radius 2 is 1.93 bits per heavy atom. The Bertz CT molecular complexity index is 752. The van der Waals surface area contributed by atoms with E-state index in [4.69, 9.17) is 4.74 Å². The zero-order valence-electron chi connectivity index (χ0n) is 18.3. The highest BCUT2D eigenvalue weighted by atomic mass is 127. The van der Waals surface area contributed by atoms with Crippen LogP contribution in [0.3, 0.4) is 0 Å². The predicted octanol–water partition coefficient (Wildman–Crippen LogP) is 3.31. The lowest BCUT2D eigenvalue weighted by atomic mass is 9.87. The first-order valence-electron chi connectivity index (χ1n) is 10.0. The molecule has 6 nitrogen and oxygen atoms in total. The molecule has 0 spiro atoms. The fourth-order valence-corrected chi connectivity index (χ4v) is 4.34. The molecule has 166 valence electrons. The van der Waals surface area contributed by atoms with Gasteiger partial charge in [-0.25, -0.2) is 8.42 Å². The van der Waals surface area contributed by atoms with Gasteiger partial charge in [0.25, 0.3) is 0 Å². The molecule has 1 atom stereocenters. The quantitative estimate of drug-likeness (QED) is 0.329. The monoisotopic (exact) mass is 537 g/mol. The summed E-state index contributed by atoms with van der Waals surface area (Å²) in [7, 11) is -1.37. The minimum absolute atomic E-state index is 0. The van der Waals surface area contributed by atoms with Gasteiger partial charge in [-0.2, -0.15) is 0 Å². The maximum atomic E-state index is 12.7. The standard InChI is InChI=1S/C21H35N3O3S.HI/c1-6-22-20(24(5)15-17-11-13-27-16-17)23-12-14-28(25,26)19-9-7-18(8-10-19)21(2,3)4;/h7-10,17H,6,11-16H2,1-5H3,(H,22,23);1H. The van der Waals surface area contributed by atoms with E-state index in [9.17, 15) is 8.42 Å². The minimum Gasteiger partial charge on any atom is -0.381 e. The first kappa shape index (κ1) is 26.2. The second kappa shape index (κ2) is 11.5. The minimum atomic E-state index is -3.35. The average molecular weight is 538 g/mol. The van der Waals surface area contributed by atoms with Crippen molar-refractivity contribution in [1.29, 1.82) is 0 Å². The SMILES string of the molecule is CCNC(=NCCS(=O)(=O)c1ccc(C(C)(C)C)cc1)N(C)CC1CCOC1.I. The molecule has 0 bridgehead atoms. The van der Waals surface area contributed by atoms with Crippen molar-refractivity contribution in [3.05, 3.63) is 29.8 Å². The van der Waals surface area contributed by atoms with Gasteiger partial charge in [0.05, 0.1) is 23.8 Å². The summed E-state index contributed by atoms with van der Waals surface area (Å²) in [5.74, 6) is 1.24. The van der Waals surface area contributed by atoms with E-state index in [-0.39, 0.29) is 41.7 Å². The Balaban J connectivity index is 0.00000420. The van der Waals surface area contributed by atoms with E-state index >= 15 is 0 Å². The second-order valence-corrected chi connectivity index (χ2v) is 10.5. The van der Waals surface area contributed by atoms with Gasteiger partial charge in [0, 0.05) is 32.7 Å². The van der Waals surface area contributed by atoms with Crippen LogP contribution in [0, 0.1) is 5.92 Å². The van der Waals surface area contributed by atoms with Crippen molar-refractivity contribution in [2.24, 2.45) is 10.9 Å². The molecule has 1 unspecified atom stereocenters. The lowest BCUT2D eigenvalue weighted by Crippen LogP contribution is -2.41. The van der Waals surface area contributed by atoms with E-state index in [1.54, 1.807) is 12.1 Å². The maximum absolute atomic E-state index is 12.7. The van der Waals surface area contributed by atoms with Crippen LogP contribution in [-0.2, 0) is 20.0 Å². The number of hydrogen-bond donors (Lipinski definition) is 1. The Labute approximate surface area is 193 Å². The van der Waals surface area contributed by atoms with Gasteiger partial charge in [-0.15, -0.1) is 24.0 Å². The number of halogens is 1. The molecule has 0 amide bonds. The third-order valence-electron chi connectivity index (χ3n) is 4.95. The van der Waals surface area contributed by atoms with Crippen LogP contribution >= 0.6 is 24.0 Å². The molecule has 1 aliphatic heterocycles. The van der Waals surface area contributed by atoms with Crippen LogP contribution in [0.25, 0.3) is 0 Å². The summed E-state index contributed by atoms with van der Waals surface area (Å²) in [5.41, 5.74) is 1.12. The van der Waals surface area contributed by atoms with Gasteiger partial charge < -0.3 is 15.0 Å². The Kier molecular flexibility index (Phi) is 10.4.